The summed E-state index contributed by atoms with van der Waals surface area (Å²) in [4.78, 5) is 15.3. The maximum Gasteiger partial charge on any atom is 0.153 e. The highest BCUT2D eigenvalue weighted by Gasteiger charge is 2.45. The zero-order valence-corrected chi connectivity index (χ0v) is 12.9. The molecule has 1 aliphatic heterocycles. The molecule has 0 amide bonds. The van der Waals surface area contributed by atoms with E-state index in [0.717, 1.165) is 51.1 Å². The molecule has 1 aromatic heterocycles. The van der Waals surface area contributed by atoms with Crippen LogP contribution in [0.15, 0.2) is 12.4 Å². The molecule has 116 valence electrons. The maximum atomic E-state index is 12.9. The van der Waals surface area contributed by atoms with Crippen LogP contribution in [0.2, 0.25) is 0 Å². The predicted octanol–water partition coefficient (Wildman–Crippen LogP) is 1.57. The van der Waals surface area contributed by atoms with Crippen molar-refractivity contribution < 1.29 is 9.53 Å². The normalized spacial score (nSPS) is 22.5. The molecular formula is C16H25N3O2. The molecular weight excluding hydrogens is 266 g/mol. The summed E-state index contributed by atoms with van der Waals surface area (Å²) in [5.74, 6) is 0.422. The topological polar surface area (TPSA) is 47.4 Å². The Balaban J connectivity index is 1.66. The van der Waals surface area contributed by atoms with E-state index in [4.69, 9.17) is 4.74 Å². The lowest BCUT2D eigenvalue weighted by Gasteiger charge is -2.42. The van der Waals surface area contributed by atoms with Crippen molar-refractivity contribution in [2.75, 3.05) is 26.3 Å². The van der Waals surface area contributed by atoms with Crippen molar-refractivity contribution in [2.45, 2.75) is 44.1 Å². The van der Waals surface area contributed by atoms with Crippen LogP contribution < -0.4 is 0 Å². The molecule has 0 unspecified atom stereocenters. The van der Waals surface area contributed by atoms with E-state index in [0.29, 0.717) is 12.2 Å². The molecule has 2 aliphatic rings. The molecule has 5 nitrogen and oxygen atoms in total. The molecule has 2 heterocycles. The molecule has 0 aromatic carbocycles. The van der Waals surface area contributed by atoms with E-state index in [1.807, 2.05) is 19.4 Å². The Labute approximate surface area is 126 Å². The van der Waals surface area contributed by atoms with Gasteiger partial charge in [-0.15, -0.1) is 0 Å². The Hall–Kier alpha value is -1.20. The Morgan fingerprint density at radius 3 is 2.67 bits per heavy atom. The predicted molar refractivity (Wildman–Crippen MR) is 80.1 cm³/mol. The number of ether oxygens (including phenoxy) is 1. The minimum absolute atomic E-state index is 0.202. The quantitative estimate of drug-likeness (QED) is 0.826. The number of ketones is 1. The van der Waals surface area contributed by atoms with E-state index >= 15 is 0 Å². The number of carbonyl (C=O) groups excluding carboxylic acids is 1. The van der Waals surface area contributed by atoms with Gasteiger partial charge in [0, 0.05) is 32.8 Å². The average Bonchev–Trinajstić information content (AvgIpc) is 3.15. The van der Waals surface area contributed by atoms with Crippen molar-refractivity contribution in [3.63, 3.8) is 0 Å². The summed E-state index contributed by atoms with van der Waals surface area (Å²) in [7, 11) is 1.91. The van der Waals surface area contributed by atoms with Crippen molar-refractivity contribution in [1.29, 1.82) is 0 Å². The van der Waals surface area contributed by atoms with Gasteiger partial charge < -0.3 is 4.74 Å². The third-order valence-electron chi connectivity index (χ3n) is 4.97. The molecule has 1 aliphatic carbocycles. The van der Waals surface area contributed by atoms with Crippen LogP contribution in [-0.2, 0) is 23.0 Å². The highest BCUT2D eigenvalue weighted by atomic mass is 16.5. The second-order valence-electron chi connectivity index (χ2n) is 6.28. The molecule has 0 N–H and O–H groups in total. The summed E-state index contributed by atoms with van der Waals surface area (Å²) in [6, 6.07) is 0. The minimum Gasteiger partial charge on any atom is -0.379 e. The van der Waals surface area contributed by atoms with Gasteiger partial charge in [-0.3, -0.25) is 14.4 Å². The SMILES string of the molecule is Cn1cc(CCC(=O)C2(N3CCOCC3)CCCC2)cn1. The summed E-state index contributed by atoms with van der Waals surface area (Å²) in [5.41, 5.74) is 0.951. The summed E-state index contributed by atoms with van der Waals surface area (Å²) in [6.45, 7) is 3.33. The first-order chi connectivity index (χ1) is 10.2. The monoisotopic (exact) mass is 291 g/mol. The van der Waals surface area contributed by atoms with Gasteiger partial charge >= 0.3 is 0 Å². The van der Waals surface area contributed by atoms with Crippen molar-refractivity contribution in [1.82, 2.24) is 14.7 Å². The van der Waals surface area contributed by atoms with E-state index in [-0.39, 0.29) is 5.54 Å². The molecule has 0 radical (unpaired) electrons. The molecule has 0 atom stereocenters. The molecule has 0 bridgehead atoms. The fourth-order valence-electron chi connectivity index (χ4n) is 3.81. The second-order valence-corrected chi connectivity index (χ2v) is 6.28. The van der Waals surface area contributed by atoms with E-state index in [1.54, 1.807) is 4.68 Å². The van der Waals surface area contributed by atoms with Crippen LogP contribution in [0.4, 0.5) is 0 Å². The fourth-order valence-corrected chi connectivity index (χ4v) is 3.81. The zero-order valence-electron chi connectivity index (χ0n) is 12.9. The number of hydrogen-bond donors (Lipinski definition) is 0. The Morgan fingerprint density at radius 2 is 2.05 bits per heavy atom. The number of rotatable bonds is 5. The molecule has 21 heavy (non-hydrogen) atoms. The largest absolute Gasteiger partial charge is 0.379 e. The first-order valence-electron chi connectivity index (χ1n) is 8.04. The van der Waals surface area contributed by atoms with Crippen LogP contribution in [-0.4, -0.2) is 52.3 Å². The lowest BCUT2D eigenvalue weighted by atomic mass is 9.86. The standard InChI is InChI=1S/C16H25N3O2/c1-18-13-14(12-17-18)4-5-15(20)16(6-2-3-7-16)19-8-10-21-11-9-19/h12-13H,2-11H2,1H3. The lowest BCUT2D eigenvalue weighted by Crippen LogP contribution is -2.56. The number of carbonyl (C=O) groups is 1. The van der Waals surface area contributed by atoms with Crippen molar-refractivity contribution >= 4 is 5.78 Å². The lowest BCUT2D eigenvalue weighted by molar-refractivity contribution is -0.134. The first-order valence-corrected chi connectivity index (χ1v) is 8.04. The number of aromatic nitrogens is 2. The zero-order chi connectivity index (χ0) is 14.7. The first kappa shape index (κ1) is 14.7. The molecule has 5 heteroatoms. The number of hydrogen-bond acceptors (Lipinski definition) is 4. The van der Waals surface area contributed by atoms with Crippen LogP contribution in [0.1, 0.15) is 37.7 Å². The van der Waals surface area contributed by atoms with E-state index < -0.39 is 0 Å². The minimum atomic E-state index is -0.202. The summed E-state index contributed by atoms with van der Waals surface area (Å²) in [6.07, 6.45) is 9.71. The molecule has 1 saturated carbocycles. The van der Waals surface area contributed by atoms with Crippen LogP contribution in [0.25, 0.3) is 0 Å². The van der Waals surface area contributed by atoms with Gasteiger partial charge in [0.1, 0.15) is 0 Å². The van der Waals surface area contributed by atoms with Gasteiger partial charge in [0.2, 0.25) is 0 Å². The van der Waals surface area contributed by atoms with Crippen molar-refractivity contribution in [3.8, 4) is 0 Å². The smallest absolute Gasteiger partial charge is 0.153 e. The van der Waals surface area contributed by atoms with Crippen molar-refractivity contribution in [3.05, 3.63) is 18.0 Å². The number of aryl methyl sites for hydroxylation is 2. The van der Waals surface area contributed by atoms with Gasteiger partial charge in [0.15, 0.2) is 5.78 Å². The summed E-state index contributed by atoms with van der Waals surface area (Å²) >= 11 is 0. The van der Waals surface area contributed by atoms with Crippen LogP contribution in [0.3, 0.4) is 0 Å². The maximum absolute atomic E-state index is 12.9. The second kappa shape index (κ2) is 6.28. The Kier molecular flexibility index (Phi) is 4.40. The van der Waals surface area contributed by atoms with Crippen LogP contribution >= 0.6 is 0 Å². The van der Waals surface area contributed by atoms with Crippen LogP contribution in [0.5, 0.6) is 0 Å². The van der Waals surface area contributed by atoms with E-state index in [9.17, 15) is 4.79 Å². The van der Waals surface area contributed by atoms with Gasteiger partial charge in [-0.05, 0) is 24.8 Å². The van der Waals surface area contributed by atoms with Crippen molar-refractivity contribution in [2.24, 2.45) is 7.05 Å². The summed E-state index contributed by atoms with van der Waals surface area (Å²) < 4.78 is 7.25. The van der Waals surface area contributed by atoms with E-state index in [2.05, 4.69) is 10.00 Å². The number of Topliss-reactive ketones (excluding diaryl/α,β-unsaturated/α-hetero) is 1. The fraction of sp³-hybridized carbons (Fsp3) is 0.750. The number of nitrogens with zero attached hydrogens (tertiary/aromatic N) is 3. The molecule has 0 spiro atoms. The van der Waals surface area contributed by atoms with Gasteiger partial charge in [0.05, 0.1) is 24.9 Å². The molecule has 1 aromatic rings. The van der Waals surface area contributed by atoms with Gasteiger partial charge in [-0.2, -0.15) is 5.10 Å². The third-order valence-corrected chi connectivity index (χ3v) is 4.97. The highest BCUT2D eigenvalue weighted by Crippen LogP contribution is 2.37. The average molecular weight is 291 g/mol. The molecule has 2 fully saturated rings. The number of morpholine rings is 1. The molecule has 3 rings (SSSR count). The van der Waals surface area contributed by atoms with Gasteiger partial charge in [-0.25, -0.2) is 0 Å². The molecule has 1 saturated heterocycles. The van der Waals surface area contributed by atoms with Gasteiger partial charge in [0.25, 0.3) is 0 Å². The van der Waals surface area contributed by atoms with Gasteiger partial charge in [-0.1, -0.05) is 12.8 Å². The van der Waals surface area contributed by atoms with Crippen LogP contribution in [0, 0.1) is 0 Å². The highest BCUT2D eigenvalue weighted by molar-refractivity contribution is 5.89. The Morgan fingerprint density at radius 1 is 1.33 bits per heavy atom. The Bertz CT molecular complexity index is 485. The van der Waals surface area contributed by atoms with E-state index in [1.165, 1.54) is 12.8 Å². The third kappa shape index (κ3) is 3.04. The summed E-state index contributed by atoms with van der Waals surface area (Å²) in [5, 5.41) is 4.18.